The molecular formula is C22H23N5O5. The lowest BCUT2D eigenvalue weighted by atomic mass is 10.1. The van der Waals surface area contributed by atoms with Gasteiger partial charge in [0.05, 0.1) is 32.5 Å². The Morgan fingerprint density at radius 2 is 1.81 bits per heavy atom. The smallest absolute Gasteiger partial charge is 0.274 e. The second-order valence-electron chi connectivity index (χ2n) is 7.72. The maximum absolute atomic E-state index is 13.1. The zero-order chi connectivity index (χ0) is 22.0. The number of hydrogen-bond donors (Lipinski definition) is 0. The maximum Gasteiger partial charge on any atom is 0.274 e. The van der Waals surface area contributed by atoms with Crippen LogP contribution in [0.4, 0.5) is 0 Å². The molecule has 4 heterocycles. The number of imidazole rings is 1. The van der Waals surface area contributed by atoms with Gasteiger partial charge in [0.15, 0.2) is 12.3 Å². The van der Waals surface area contributed by atoms with Gasteiger partial charge in [0, 0.05) is 31.7 Å². The van der Waals surface area contributed by atoms with Crippen molar-refractivity contribution >= 4 is 17.5 Å². The molecule has 0 saturated carbocycles. The van der Waals surface area contributed by atoms with Crippen molar-refractivity contribution in [3.05, 3.63) is 60.8 Å². The number of ether oxygens (including phenoxy) is 3. The molecule has 10 heteroatoms. The van der Waals surface area contributed by atoms with E-state index in [1.165, 1.54) is 0 Å². The van der Waals surface area contributed by atoms with Gasteiger partial charge in [0.25, 0.3) is 11.8 Å². The fourth-order valence-corrected chi connectivity index (χ4v) is 3.94. The Morgan fingerprint density at radius 3 is 2.59 bits per heavy atom. The second kappa shape index (κ2) is 8.56. The molecule has 2 amide bonds. The highest BCUT2D eigenvalue weighted by Gasteiger charge is 2.44. The van der Waals surface area contributed by atoms with E-state index in [0.29, 0.717) is 43.4 Å². The highest BCUT2D eigenvalue weighted by Crippen LogP contribution is 2.26. The molecular weight excluding hydrogens is 414 g/mol. The predicted molar refractivity (Wildman–Crippen MR) is 112 cm³/mol. The SMILES string of the molecule is O=C(COc1ccccc1)N1CCOC2(C1)CN(C(=O)c1cn3ccncc3n1)CCO2. The van der Waals surface area contributed by atoms with Gasteiger partial charge in [-0.3, -0.25) is 14.6 Å². The first kappa shape index (κ1) is 20.4. The maximum atomic E-state index is 13.1. The van der Waals surface area contributed by atoms with Crippen LogP contribution in [0.2, 0.25) is 0 Å². The van der Waals surface area contributed by atoms with Gasteiger partial charge in [-0.05, 0) is 12.1 Å². The van der Waals surface area contributed by atoms with E-state index >= 15 is 0 Å². The number of carbonyl (C=O) groups excluding carboxylic acids is 2. The molecule has 2 saturated heterocycles. The fraction of sp³-hybridized carbons (Fsp3) is 0.364. The number of para-hydroxylation sites is 1. The average molecular weight is 437 g/mol. The lowest BCUT2D eigenvalue weighted by Gasteiger charge is -2.47. The highest BCUT2D eigenvalue weighted by atomic mass is 16.7. The van der Waals surface area contributed by atoms with Crippen LogP contribution < -0.4 is 4.74 Å². The standard InChI is InChI=1S/C22H23N5O5/c28-20(14-30-17-4-2-1-3-5-17)26-8-10-31-22(15-26)16-27(9-11-32-22)21(29)18-13-25-7-6-23-12-19(25)24-18/h1-7,12-13H,8-11,14-16H2. The number of morpholine rings is 2. The van der Waals surface area contributed by atoms with Crippen LogP contribution >= 0.6 is 0 Å². The molecule has 0 N–H and O–H groups in total. The number of nitrogens with zero attached hydrogens (tertiary/aromatic N) is 5. The summed E-state index contributed by atoms with van der Waals surface area (Å²) in [6.07, 6.45) is 6.66. The molecule has 2 aliphatic rings. The molecule has 3 aromatic rings. The van der Waals surface area contributed by atoms with Crippen LogP contribution in [-0.2, 0) is 14.3 Å². The number of hydrogen-bond acceptors (Lipinski definition) is 7. The normalized spacial score (nSPS) is 21.1. The summed E-state index contributed by atoms with van der Waals surface area (Å²) in [5, 5.41) is 0. The molecule has 0 aliphatic carbocycles. The van der Waals surface area contributed by atoms with Crippen LogP contribution in [0.5, 0.6) is 5.75 Å². The van der Waals surface area contributed by atoms with E-state index < -0.39 is 5.79 Å². The zero-order valence-electron chi connectivity index (χ0n) is 17.4. The van der Waals surface area contributed by atoms with Crippen LogP contribution in [0.1, 0.15) is 10.5 Å². The van der Waals surface area contributed by atoms with E-state index in [1.807, 2.05) is 18.2 Å². The van der Waals surface area contributed by atoms with Crippen molar-refractivity contribution in [2.45, 2.75) is 5.79 Å². The molecule has 32 heavy (non-hydrogen) atoms. The first-order chi connectivity index (χ1) is 15.6. The number of carbonyl (C=O) groups is 2. The molecule has 2 aromatic heterocycles. The van der Waals surface area contributed by atoms with Crippen LogP contribution in [0.15, 0.2) is 55.1 Å². The van der Waals surface area contributed by atoms with E-state index in [2.05, 4.69) is 9.97 Å². The van der Waals surface area contributed by atoms with Crippen LogP contribution in [0, 0.1) is 0 Å². The number of benzene rings is 1. The Balaban J connectivity index is 1.25. The molecule has 1 atom stereocenters. The van der Waals surface area contributed by atoms with Crippen LogP contribution in [0.3, 0.4) is 0 Å². The van der Waals surface area contributed by atoms with Crippen LogP contribution in [0.25, 0.3) is 5.65 Å². The zero-order valence-corrected chi connectivity index (χ0v) is 17.4. The minimum atomic E-state index is -1.06. The monoisotopic (exact) mass is 437 g/mol. The van der Waals surface area contributed by atoms with Gasteiger partial charge >= 0.3 is 0 Å². The van der Waals surface area contributed by atoms with E-state index in [4.69, 9.17) is 14.2 Å². The molecule has 0 radical (unpaired) electrons. The van der Waals surface area contributed by atoms with Crippen molar-refractivity contribution in [1.29, 1.82) is 0 Å². The third-order valence-corrected chi connectivity index (χ3v) is 5.54. The molecule has 166 valence electrons. The van der Waals surface area contributed by atoms with Gasteiger partial charge in [0.2, 0.25) is 5.79 Å². The van der Waals surface area contributed by atoms with E-state index in [-0.39, 0.29) is 31.5 Å². The quantitative estimate of drug-likeness (QED) is 0.596. The van der Waals surface area contributed by atoms with Gasteiger partial charge in [-0.2, -0.15) is 0 Å². The molecule has 10 nitrogen and oxygen atoms in total. The third kappa shape index (κ3) is 4.14. The van der Waals surface area contributed by atoms with Crippen molar-refractivity contribution in [3.63, 3.8) is 0 Å². The summed E-state index contributed by atoms with van der Waals surface area (Å²) in [4.78, 5) is 37.5. The third-order valence-electron chi connectivity index (χ3n) is 5.54. The lowest BCUT2D eigenvalue weighted by Crippen LogP contribution is -2.64. The fourth-order valence-electron chi connectivity index (χ4n) is 3.94. The van der Waals surface area contributed by atoms with E-state index in [0.717, 1.165) is 0 Å². The Kier molecular flexibility index (Phi) is 5.46. The van der Waals surface area contributed by atoms with Gasteiger partial charge in [-0.1, -0.05) is 18.2 Å². The first-order valence-corrected chi connectivity index (χ1v) is 10.4. The van der Waals surface area contributed by atoms with Crippen molar-refractivity contribution in [2.75, 3.05) is 46.0 Å². The highest BCUT2D eigenvalue weighted by molar-refractivity contribution is 5.93. The summed E-state index contributed by atoms with van der Waals surface area (Å²) >= 11 is 0. The van der Waals surface area contributed by atoms with E-state index in [9.17, 15) is 9.59 Å². The summed E-state index contributed by atoms with van der Waals surface area (Å²) in [7, 11) is 0. The lowest BCUT2D eigenvalue weighted by molar-refractivity contribution is -0.284. The average Bonchev–Trinajstić information content (AvgIpc) is 3.27. The van der Waals surface area contributed by atoms with Crippen molar-refractivity contribution in [1.82, 2.24) is 24.2 Å². The van der Waals surface area contributed by atoms with Crippen molar-refractivity contribution in [2.24, 2.45) is 0 Å². The molecule has 5 rings (SSSR count). The molecule has 2 aliphatic heterocycles. The number of rotatable bonds is 4. The molecule has 2 fully saturated rings. The Labute approximate surface area is 184 Å². The number of aromatic nitrogens is 3. The minimum Gasteiger partial charge on any atom is -0.484 e. The van der Waals surface area contributed by atoms with Crippen molar-refractivity contribution in [3.8, 4) is 5.75 Å². The first-order valence-electron chi connectivity index (χ1n) is 10.4. The van der Waals surface area contributed by atoms with Crippen LogP contribution in [-0.4, -0.2) is 87.8 Å². The molecule has 1 unspecified atom stereocenters. The Morgan fingerprint density at radius 1 is 1.06 bits per heavy atom. The number of amides is 2. The summed E-state index contributed by atoms with van der Waals surface area (Å²) < 4.78 is 19.2. The summed E-state index contributed by atoms with van der Waals surface area (Å²) in [5.41, 5.74) is 0.929. The van der Waals surface area contributed by atoms with Crippen molar-refractivity contribution < 1.29 is 23.8 Å². The van der Waals surface area contributed by atoms with Gasteiger partial charge in [-0.15, -0.1) is 0 Å². The summed E-state index contributed by atoms with van der Waals surface area (Å²) in [6, 6.07) is 9.20. The molecule has 1 aromatic carbocycles. The summed E-state index contributed by atoms with van der Waals surface area (Å²) in [6.45, 7) is 1.85. The van der Waals surface area contributed by atoms with Gasteiger partial charge in [-0.25, -0.2) is 4.98 Å². The molecule has 1 spiro atoms. The van der Waals surface area contributed by atoms with E-state index in [1.54, 1.807) is 51.1 Å². The Hall–Kier alpha value is -3.50. The summed E-state index contributed by atoms with van der Waals surface area (Å²) in [5.74, 6) is -0.792. The predicted octanol–water partition coefficient (Wildman–Crippen LogP) is 0.836. The van der Waals surface area contributed by atoms with Gasteiger partial charge in [0.1, 0.15) is 11.4 Å². The number of fused-ring (bicyclic) bond motifs is 1. The minimum absolute atomic E-state index is 0.0714. The molecule has 0 bridgehead atoms. The van der Waals surface area contributed by atoms with Gasteiger partial charge < -0.3 is 28.4 Å². The largest absolute Gasteiger partial charge is 0.484 e. The second-order valence-corrected chi connectivity index (χ2v) is 7.72. The Bertz CT molecular complexity index is 1080. The topological polar surface area (TPSA) is 98.5 Å².